The Kier molecular flexibility index (Phi) is 4.77. The highest BCUT2D eigenvalue weighted by Crippen LogP contribution is 2.22. The molecule has 1 heterocycles. The van der Waals surface area contributed by atoms with Crippen molar-refractivity contribution in [2.24, 2.45) is 5.73 Å². The molecule has 0 atom stereocenters. The van der Waals surface area contributed by atoms with Crippen molar-refractivity contribution in [2.45, 2.75) is 6.42 Å². The van der Waals surface area contributed by atoms with Crippen molar-refractivity contribution < 1.29 is 4.74 Å². The van der Waals surface area contributed by atoms with Crippen LogP contribution in [0.1, 0.15) is 6.42 Å². The van der Waals surface area contributed by atoms with Crippen molar-refractivity contribution in [3.63, 3.8) is 0 Å². The van der Waals surface area contributed by atoms with E-state index >= 15 is 0 Å². The van der Waals surface area contributed by atoms with Crippen LogP contribution in [0.15, 0.2) is 10.7 Å². The first kappa shape index (κ1) is 12.2. The van der Waals surface area contributed by atoms with Gasteiger partial charge >= 0.3 is 0 Å². The molecule has 6 heteroatoms. The van der Waals surface area contributed by atoms with Crippen LogP contribution in [0.25, 0.3) is 0 Å². The van der Waals surface area contributed by atoms with Gasteiger partial charge in [-0.25, -0.2) is 4.98 Å². The van der Waals surface area contributed by atoms with Crippen molar-refractivity contribution in [3.05, 3.63) is 10.7 Å². The molecule has 0 aliphatic carbocycles. The van der Waals surface area contributed by atoms with Gasteiger partial charge in [0.05, 0.1) is 17.8 Å². The second-order valence-corrected chi connectivity index (χ2v) is 3.95. The molecular weight excluding hydrogens is 260 g/mol. The number of nitrogens with two attached hydrogens (primary N) is 1. The smallest absolute Gasteiger partial charge is 0.232 e. The number of halogens is 1. The van der Waals surface area contributed by atoms with Crippen LogP contribution in [-0.2, 0) is 0 Å². The van der Waals surface area contributed by atoms with Crippen molar-refractivity contribution in [1.29, 1.82) is 0 Å². The highest BCUT2D eigenvalue weighted by atomic mass is 79.9. The standard InChI is InChI=1S/C9H15BrN4O/c1-14(5-3-4-11)9-12-6-7(10)8(13-9)15-2/h6H,3-5,11H2,1-2H3. The Bertz CT molecular complexity index is 321. The number of hydrogen-bond acceptors (Lipinski definition) is 5. The van der Waals surface area contributed by atoms with E-state index in [9.17, 15) is 0 Å². The average Bonchev–Trinajstić information content (AvgIpc) is 2.26. The number of hydrogen-bond donors (Lipinski definition) is 1. The van der Waals surface area contributed by atoms with Crippen LogP contribution in [0.4, 0.5) is 5.95 Å². The van der Waals surface area contributed by atoms with Gasteiger partial charge in [0, 0.05) is 13.6 Å². The zero-order chi connectivity index (χ0) is 11.3. The van der Waals surface area contributed by atoms with Gasteiger partial charge in [-0.1, -0.05) is 0 Å². The Morgan fingerprint density at radius 3 is 2.93 bits per heavy atom. The van der Waals surface area contributed by atoms with Crippen molar-refractivity contribution in [3.8, 4) is 5.88 Å². The fraction of sp³-hybridized carbons (Fsp3) is 0.556. The molecule has 0 radical (unpaired) electrons. The van der Waals surface area contributed by atoms with Crippen molar-refractivity contribution in [1.82, 2.24) is 9.97 Å². The molecule has 5 nitrogen and oxygen atoms in total. The first-order valence-electron chi connectivity index (χ1n) is 4.66. The van der Waals surface area contributed by atoms with Crippen LogP contribution in [0.5, 0.6) is 5.88 Å². The summed E-state index contributed by atoms with van der Waals surface area (Å²) in [5.41, 5.74) is 5.44. The summed E-state index contributed by atoms with van der Waals surface area (Å²) < 4.78 is 5.84. The van der Waals surface area contributed by atoms with Crippen LogP contribution >= 0.6 is 15.9 Å². The number of aromatic nitrogens is 2. The van der Waals surface area contributed by atoms with Crippen LogP contribution < -0.4 is 15.4 Å². The largest absolute Gasteiger partial charge is 0.480 e. The van der Waals surface area contributed by atoms with Gasteiger partial charge in [-0.05, 0) is 28.9 Å². The zero-order valence-corrected chi connectivity index (χ0v) is 10.5. The summed E-state index contributed by atoms with van der Waals surface area (Å²) in [4.78, 5) is 10.4. The Morgan fingerprint density at radius 2 is 2.33 bits per heavy atom. The van der Waals surface area contributed by atoms with E-state index in [0.29, 0.717) is 18.4 Å². The summed E-state index contributed by atoms with van der Waals surface area (Å²) in [7, 11) is 3.51. The summed E-state index contributed by atoms with van der Waals surface area (Å²) in [5.74, 6) is 1.18. The number of nitrogens with zero attached hydrogens (tertiary/aromatic N) is 3. The molecule has 0 amide bonds. The molecule has 0 unspecified atom stereocenters. The first-order chi connectivity index (χ1) is 7.19. The first-order valence-corrected chi connectivity index (χ1v) is 5.46. The lowest BCUT2D eigenvalue weighted by molar-refractivity contribution is 0.394. The maximum absolute atomic E-state index is 5.44. The molecule has 0 aliphatic heterocycles. The van der Waals surface area contributed by atoms with E-state index in [4.69, 9.17) is 10.5 Å². The van der Waals surface area contributed by atoms with E-state index in [0.717, 1.165) is 17.4 Å². The maximum atomic E-state index is 5.44. The van der Waals surface area contributed by atoms with E-state index < -0.39 is 0 Å². The Hall–Kier alpha value is -0.880. The zero-order valence-electron chi connectivity index (χ0n) is 8.90. The highest BCUT2D eigenvalue weighted by molar-refractivity contribution is 9.10. The lowest BCUT2D eigenvalue weighted by Crippen LogP contribution is -2.23. The van der Waals surface area contributed by atoms with Crippen molar-refractivity contribution in [2.75, 3.05) is 32.1 Å². The Balaban J connectivity index is 2.76. The SMILES string of the molecule is COc1nc(N(C)CCCN)ncc1Br. The Labute approximate surface area is 97.8 Å². The topological polar surface area (TPSA) is 64.3 Å². The maximum Gasteiger partial charge on any atom is 0.232 e. The molecule has 0 saturated heterocycles. The van der Waals surface area contributed by atoms with E-state index in [2.05, 4.69) is 25.9 Å². The molecule has 1 rings (SSSR count). The quantitative estimate of drug-likeness (QED) is 0.869. The van der Waals surface area contributed by atoms with Gasteiger partial charge in [0.2, 0.25) is 11.8 Å². The third-order valence-electron chi connectivity index (χ3n) is 1.93. The highest BCUT2D eigenvalue weighted by Gasteiger charge is 2.08. The van der Waals surface area contributed by atoms with E-state index in [-0.39, 0.29) is 0 Å². The van der Waals surface area contributed by atoms with Gasteiger partial charge in [-0.15, -0.1) is 0 Å². The van der Waals surface area contributed by atoms with Gasteiger partial charge in [0.15, 0.2) is 0 Å². The Morgan fingerprint density at radius 1 is 1.60 bits per heavy atom. The van der Waals surface area contributed by atoms with Crippen LogP contribution in [0, 0.1) is 0 Å². The van der Waals surface area contributed by atoms with E-state index in [1.165, 1.54) is 0 Å². The monoisotopic (exact) mass is 274 g/mol. The third kappa shape index (κ3) is 3.32. The fourth-order valence-corrected chi connectivity index (χ4v) is 1.45. The predicted octanol–water partition coefficient (Wildman–Crippen LogP) is 1.03. The number of anilines is 1. The summed E-state index contributed by atoms with van der Waals surface area (Å²) >= 11 is 3.30. The molecule has 0 spiro atoms. The molecule has 15 heavy (non-hydrogen) atoms. The molecule has 1 aromatic heterocycles. The number of methoxy groups -OCH3 is 1. The molecular formula is C9H15BrN4O. The summed E-state index contributed by atoms with van der Waals surface area (Å²) in [5, 5.41) is 0. The van der Waals surface area contributed by atoms with Gasteiger partial charge in [-0.3, -0.25) is 0 Å². The molecule has 0 fully saturated rings. The lowest BCUT2D eigenvalue weighted by Gasteiger charge is -2.16. The predicted molar refractivity (Wildman–Crippen MR) is 63.2 cm³/mol. The van der Waals surface area contributed by atoms with Crippen LogP contribution in [-0.4, -0.2) is 37.2 Å². The van der Waals surface area contributed by atoms with Crippen LogP contribution in [0.2, 0.25) is 0 Å². The lowest BCUT2D eigenvalue weighted by atomic mass is 10.4. The van der Waals surface area contributed by atoms with Crippen LogP contribution in [0.3, 0.4) is 0 Å². The minimum absolute atomic E-state index is 0.541. The number of rotatable bonds is 5. The second kappa shape index (κ2) is 5.87. The van der Waals surface area contributed by atoms with Gasteiger partial charge in [-0.2, -0.15) is 4.98 Å². The minimum Gasteiger partial charge on any atom is -0.480 e. The molecule has 0 aromatic carbocycles. The molecule has 0 bridgehead atoms. The average molecular weight is 275 g/mol. The van der Waals surface area contributed by atoms with Gasteiger partial charge < -0.3 is 15.4 Å². The summed E-state index contributed by atoms with van der Waals surface area (Å²) in [6.07, 6.45) is 2.60. The molecule has 0 aliphatic rings. The summed E-state index contributed by atoms with van der Waals surface area (Å²) in [6.45, 7) is 1.50. The normalized spacial score (nSPS) is 10.1. The second-order valence-electron chi connectivity index (χ2n) is 3.09. The summed E-state index contributed by atoms with van der Waals surface area (Å²) in [6, 6.07) is 0. The minimum atomic E-state index is 0.541. The third-order valence-corrected chi connectivity index (χ3v) is 2.48. The molecule has 0 saturated carbocycles. The molecule has 84 valence electrons. The molecule has 2 N–H and O–H groups in total. The number of ether oxygens (including phenoxy) is 1. The van der Waals surface area contributed by atoms with Gasteiger partial charge in [0.1, 0.15) is 0 Å². The fourth-order valence-electron chi connectivity index (χ4n) is 1.10. The molecule has 1 aromatic rings. The van der Waals surface area contributed by atoms with E-state index in [1.54, 1.807) is 13.3 Å². The van der Waals surface area contributed by atoms with Crippen molar-refractivity contribution >= 4 is 21.9 Å². The van der Waals surface area contributed by atoms with Gasteiger partial charge in [0.25, 0.3) is 0 Å². The van der Waals surface area contributed by atoms with E-state index in [1.807, 2.05) is 11.9 Å².